The van der Waals surface area contributed by atoms with Gasteiger partial charge in [-0.1, -0.05) is 18.2 Å². The van der Waals surface area contributed by atoms with E-state index in [4.69, 9.17) is 5.84 Å². The van der Waals surface area contributed by atoms with Crippen LogP contribution in [0.2, 0.25) is 0 Å². The van der Waals surface area contributed by atoms with Crippen molar-refractivity contribution in [3.05, 3.63) is 35.6 Å². The standard InChI is InChI=1S/C7H8N2/c8-9-4-6-2-1-3-7(6)5-9/h1-4H,5,8H2. The van der Waals surface area contributed by atoms with Crippen LogP contribution < -0.4 is 5.84 Å². The number of hydrazine groups is 1. The van der Waals surface area contributed by atoms with E-state index < -0.39 is 0 Å². The Morgan fingerprint density at radius 2 is 2.44 bits per heavy atom. The summed E-state index contributed by atoms with van der Waals surface area (Å²) in [6, 6.07) is 0. The van der Waals surface area contributed by atoms with Crippen molar-refractivity contribution in [3.63, 3.8) is 0 Å². The van der Waals surface area contributed by atoms with Crippen LogP contribution in [0.15, 0.2) is 35.6 Å². The SMILES string of the molecule is NN1C=C2C=CC=C2C1. The zero-order valence-electron chi connectivity index (χ0n) is 5.04. The summed E-state index contributed by atoms with van der Waals surface area (Å²) in [6.45, 7) is 0.863. The molecular formula is C7H8N2. The van der Waals surface area contributed by atoms with Gasteiger partial charge in [-0.25, -0.2) is 5.84 Å². The quantitative estimate of drug-likeness (QED) is 0.473. The van der Waals surface area contributed by atoms with Crippen molar-refractivity contribution in [3.8, 4) is 0 Å². The first-order valence-electron chi connectivity index (χ1n) is 2.97. The second-order valence-corrected chi connectivity index (χ2v) is 2.31. The zero-order chi connectivity index (χ0) is 6.27. The lowest BCUT2D eigenvalue weighted by Gasteiger charge is -2.03. The maximum absolute atomic E-state index is 5.51. The van der Waals surface area contributed by atoms with Crippen LogP contribution in [0, 0.1) is 0 Å². The molecule has 1 aliphatic heterocycles. The van der Waals surface area contributed by atoms with Crippen LogP contribution in [-0.4, -0.2) is 11.6 Å². The second kappa shape index (κ2) is 1.48. The Hall–Kier alpha value is -1.02. The van der Waals surface area contributed by atoms with Crippen LogP contribution in [-0.2, 0) is 0 Å². The third-order valence-corrected chi connectivity index (χ3v) is 1.60. The molecule has 9 heavy (non-hydrogen) atoms. The summed E-state index contributed by atoms with van der Waals surface area (Å²) in [7, 11) is 0. The van der Waals surface area contributed by atoms with E-state index >= 15 is 0 Å². The lowest BCUT2D eigenvalue weighted by atomic mass is 10.2. The van der Waals surface area contributed by atoms with Gasteiger partial charge in [0.25, 0.3) is 0 Å². The van der Waals surface area contributed by atoms with Gasteiger partial charge in [0.05, 0.1) is 6.54 Å². The predicted octanol–water partition coefficient (Wildman–Crippen LogP) is 0.556. The number of nitrogens with zero attached hydrogens (tertiary/aromatic N) is 1. The Kier molecular flexibility index (Phi) is 0.794. The Balaban J connectivity index is 2.40. The molecule has 0 atom stereocenters. The van der Waals surface area contributed by atoms with E-state index in [1.165, 1.54) is 11.1 Å². The van der Waals surface area contributed by atoms with Crippen LogP contribution in [0.3, 0.4) is 0 Å². The Labute approximate surface area is 53.9 Å². The summed E-state index contributed by atoms with van der Waals surface area (Å²) in [6.07, 6.45) is 8.17. The number of fused-ring (bicyclic) bond motifs is 1. The normalized spacial score (nSPS) is 22.1. The Morgan fingerprint density at radius 3 is 3.22 bits per heavy atom. The average molecular weight is 120 g/mol. The Morgan fingerprint density at radius 1 is 1.56 bits per heavy atom. The van der Waals surface area contributed by atoms with Gasteiger partial charge in [-0.05, 0) is 11.1 Å². The van der Waals surface area contributed by atoms with Gasteiger partial charge in [0.2, 0.25) is 0 Å². The molecule has 0 spiro atoms. The van der Waals surface area contributed by atoms with Crippen LogP contribution in [0.4, 0.5) is 0 Å². The summed E-state index contributed by atoms with van der Waals surface area (Å²) in [4.78, 5) is 0. The first-order chi connectivity index (χ1) is 4.36. The second-order valence-electron chi connectivity index (χ2n) is 2.31. The van der Waals surface area contributed by atoms with Gasteiger partial charge in [-0.2, -0.15) is 0 Å². The van der Waals surface area contributed by atoms with E-state index in [-0.39, 0.29) is 0 Å². The largest absolute Gasteiger partial charge is 0.313 e. The molecule has 0 amide bonds. The molecule has 0 aromatic rings. The van der Waals surface area contributed by atoms with Gasteiger partial charge in [0, 0.05) is 6.20 Å². The molecule has 0 aromatic carbocycles. The van der Waals surface area contributed by atoms with Gasteiger partial charge in [0.1, 0.15) is 0 Å². The molecular weight excluding hydrogens is 112 g/mol. The fraction of sp³-hybridized carbons (Fsp3) is 0.143. The van der Waals surface area contributed by atoms with Gasteiger partial charge in [-0.15, -0.1) is 0 Å². The van der Waals surface area contributed by atoms with E-state index in [0.717, 1.165) is 6.54 Å². The van der Waals surface area contributed by atoms with Crippen LogP contribution in [0.1, 0.15) is 0 Å². The van der Waals surface area contributed by atoms with Gasteiger partial charge in [-0.3, -0.25) is 0 Å². The first-order valence-corrected chi connectivity index (χ1v) is 2.97. The third-order valence-electron chi connectivity index (χ3n) is 1.60. The van der Waals surface area contributed by atoms with Crippen molar-refractivity contribution in [1.29, 1.82) is 0 Å². The Bertz CT molecular complexity index is 223. The van der Waals surface area contributed by atoms with Crippen LogP contribution >= 0.6 is 0 Å². The maximum atomic E-state index is 5.51. The highest BCUT2D eigenvalue weighted by Crippen LogP contribution is 2.23. The molecule has 2 N–H and O–H groups in total. The van der Waals surface area contributed by atoms with E-state index in [0.29, 0.717) is 0 Å². The first kappa shape index (κ1) is 4.82. The highest BCUT2D eigenvalue weighted by atomic mass is 15.4. The molecule has 0 saturated carbocycles. The summed E-state index contributed by atoms with van der Waals surface area (Å²) in [5, 5.41) is 1.70. The minimum Gasteiger partial charge on any atom is -0.313 e. The molecule has 2 rings (SSSR count). The highest BCUT2D eigenvalue weighted by molar-refractivity contribution is 5.51. The molecule has 0 fully saturated rings. The molecule has 46 valence electrons. The smallest absolute Gasteiger partial charge is 0.0592 e. The summed E-state index contributed by atoms with van der Waals surface area (Å²) >= 11 is 0. The summed E-state index contributed by atoms with van der Waals surface area (Å²) in [5.41, 5.74) is 2.59. The van der Waals surface area contributed by atoms with Gasteiger partial charge >= 0.3 is 0 Å². The molecule has 0 radical (unpaired) electrons. The van der Waals surface area contributed by atoms with E-state index in [2.05, 4.69) is 12.2 Å². The monoisotopic (exact) mass is 120 g/mol. The number of hydrogen-bond acceptors (Lipinski definition) is 2. The fourth-order valence-corrected chi connectivity index (χ4v) is 1.16. The van der Waals surface area contributed by atoms with Crippen LogP contribution in [0.5, 0.6) is 0 Å². The van der Waals surface area contributed by atoms with Gasteiger partial charge < -0.3 is 5.01 Å². The minimum atomic E-state index is 0.863. The van der Waals surface area contributed by atoms with Crippen molar-refractivity contribution in [2.45, 2.75) is 0 Å². The number of allylic oxidation sites excluding steroid dienone is 3. The van der Waals surface area contributed by atoms with Crippen molar-refractivity contribution in [2.24, 2.45) is 5.84 Å². The maximum Gasteiger partial charge on any atom is 0.0592 e. The molecule has 1 heterocycles. The summed E-state index contributed by atoms with van der Waals surface area (Å²) < 4.78 is 0. The lowest BCUT2D eigenvalue weighted by molar-refractivity contribution is 0.449. The molecule has 0 bridgehead atoms. The van der Waals surface area contributed by atoms with E-state index in [1.807, 2.05) is 12.3 Å². The third kappa shape index (κ3) is 0.600. The number of nitrogens with two attached hydrogens (primary N) is 1. The number of rotatable bonds is 0. The number of hydrogen-bond donors (Lipinski definition) is 1. The lowest BCUT2D eigenvalue weighted by Crippen LogP contribution is -2.22. The molecule has 0 unspecified atom stereocenters. The summed E-state index contributed by atoms with van der Waals surface area (Å²) in [5.74, 6) is 5.51. The zero-order valence-corrected chi connectivity index (χ0v) is 5.04. The highest BCUT2D eigenvalue weighted by Gasteiger charge is 2.14. The topological polar surface area (TPSA) is 29.3 Å². The van der Waals surface area contributed by atoms with Gasteiger partial charge in [0.15, 0.2) is 0 Å². The van der Waals surface area contributed by atoms with E-state index in [9.17, 15) is 0 Å². The predicted molar refractivity (Wildman–Crippen MR) is 36.2 cm³/mol. The van der Waals surface area contributed by atoms with E-state index in [1.54, 1.807) is 5.01 Å². The molecule has 2 heteroatoms. The molecule has 0 saturated heterocycles. The molecule has 2 nitrogen and oxygen atoms in total. The molecule has 1 aliphatic carbocycles. The van der Waals surface area contributed by atoms with Crippen molar-refractivity contribution < 1.29 is 0 Å². The van der Waals surface area contributed by atoms with Crippen LogP contribution in [0.25, 0.3) is 0 Å². The van der Waals surface area contributed by atoms with Crippen molar-refractivity contribution in [1.82, 2.24) is 5.01 Å². The molecule has 0 aromatic heterocycles. The minimum absolute atomic E-state index is 0.863. The van der Waals surface area contributed by atoms with Crippen molar-refractivity contribution in [2.75, 3.05) is 6.54 Å². The fourth-order valence-electron chi connectivity index (χ4n) is 1.16. The molecule has 2 aliphatic rings. The van der Waals surface area contributed by atoms with Crippen molar-refractivity contribution >= 4 is 0 Å². The average Bonchev–Trinajstić information content (AvgIpc) is 2.22.